The smallest absolute Gasteiger partial charge is 0.307 e. The van der Waals surface area contributed by atoms with Gasteiger partial charge in [-0.25, -0.2) is 0 Å². The summed E-state index contributed by atoms with van der Waals surface area (Å²) in [5, 5.41) is 17.2. The molecule has 0 fully saturated rings. The lowest BCUT2D eigenvalue weighted by Crippen LogP contribution is -2.16. The van der Waals surface area contributed by atoms with E-state index >= 15 is 0 Å². The van der Waals surface area contributed by atoms with Crippen LogP contribution in [0.2, 0.25) is 0 Å². The van der Waals surface area contributed by atoms with E-state index in [1.807, 2.05) is 0 Å². The van der Waals surface area contributed by atoms with Crippen LogP contribution in [0.3, 0.4) is 0 Å². The van der Waals surface area contributed by atoms with Crippen LogP contribution in [0, 0.1) is 0 Å². The van der Waals surface area contributed by atoms with Crippen LogP contribution in [0.1, 0.15) is 5.56 Å². The molecule has 0 aliphatic rings. The Balaban J connectivity index is 2.97. The van der Waals surface area contributed by atoms with E-state index in [-0.39, 0.29) is 6.42 Å². The van der Waals surface area contributed by atoms with Gasteiger partial charge in [-0.05, 0) is 5.56 Å². The van der Waals surface area contributed by atoms with Gasteiger partial charge in [0.05, 0.1) is 12.6 Å². The summed E-state index contributed by atoms with van der Waals surface area (Å²) in [7, 11) is 0. The molecule has 0 saturated heterocycles. The van der Waals surface area contributed by atoms with Crippen molar-refractivity contribution in [3.63, 3.8) is 0 Å². The number of carboxylic acid groups (broad SMARTS) is 1. The Morgan fingerprint density at radius 3 is 2.67 bits per heavy atom. The number of rotatable bonds is 2. The van der Waals surface area contributed by atoms with Gasteiger partial charge in [0, 0.05) is 6.07 Å². The first-order valence-corrected chi connectivity index (χ1v) is 3.22. The van der Waals surface area contributed by atoms with E-state index in [2.05, 4.69) is 0 Å². The molecular weight excluding hydrogens is 162 g/mol. The van der Waals surface area contributed by atoms with Gasteiger partial charge in [-0.1, -0.05) is 6.07 Å². The lowest BCUT2D eigenvalue weighted by Gasteiger charge is -1.97. The third kappa shape index (κ3) is 1.85. The largest absolute Gasteiger partial charge is 0.481 e. The van der Waals surface area contributed by atoms with Crippen molar-refractivity contribution in [2.75, 3.05) is 0 Å². The maximum atomic E-state index is 10.6. The van der Waals surface area contributed by atoms with Crippen molar-refractivity contribution in [2.45, 2.75) is 6.42 Å². The molecule has 0 aliphatic heterocycles. The Labute approximate surface area is 67.5 Å². The molecule has 0 aliphatic carbocycles. The van der Waals surface area contributed by atoms with E-state index in [4.69, 9.17) is 10.3 Å². The molecule has 0 bridgehead atoms. The number of aromatic nitrogens is 1. The van der Waals surface area contributed by atoms with Gasteiger partial charge in [-0.3, -0.25) is 9.59 Å². The van der Waals surface area contributed by atoms with Gasteiger partial charge in [0.15, 0.2) is 0 Å². The fourth-order valence-electron chi connectivity index (χ4n) is 0.798. The molecule has 64 valence electrons. The summed E-state index contributed by atoms with van der Waals surface area (Å²) >= 11 is 0. The van der Waals surface area contributed by atoms with Gasteiger partial charge < -0.3 is 10.3 Å². The van der Waals surface area contributed by atoms with Crippen LogP contribution in [0.5, 0.6) is 0 Å². The highest BCUT2D eigenvalue weighted by Gasteiger charge is 2.01. The van der Waals surface area contributed by atoms with Gasteiger partial charge in [0.1, 0.15) is 0 Å². The SMILES string of the molecule is O=C(O)Cc1ccc(=O)n(O)c1. The Morgan fingerprint density at radius 1 is 1.50 bits per heavy atom. The van der Waals surface area contributed by atoms with Crippen LogP contribution in [0.4, 0.5) is 0 Å². The number of nitrogens with zero attached hydrogens (tertiary/aromatic N) is 1. The molecule has 0 saturated carbocycles. The normalized spacial score (nSPS) is 9.67. The number of pyridine rings is 1. The summed E-state index contributed by atoms with van der Waals surface area (Å²) in [5.41, 5.74) is -0.200. The van der Waals surface area contributed by atoms with E-state index in [1.165, 1.54) is 6.07 Å². The highest BCUT2D eigenvalue weighted by atomic mass is 16.5. The van der Waals surface area contributed by atoms with Crippen molar-refractivity contribution in [3.8, 4) is 0 Å². The Bertz CT molecular complexity index is 355. The molecule has 0 radical (unpaired) electrons. The first-order valence-electron chi connectivity index (χ1n) is 3.22. The van der Waals surface area contributed by atoms with E-state index in [0.717, 1.165) is 12.3 Å². The molecule has 1 rings (SSSR count). The number of aliphatic carboxylic acids is 1. The standard InChI is InChI=1S/C7H7NO4/c9-6-2-1-5(3-7(10)11)4-8(6)12/h1-2,4,12H,3H2,(H,10,11). The molecule has 0 unspecified atom stereocenters. The highest BCUT2D eigenvalue weighted by Crippen LogP contribution is 1.95. The van der Waals surface area contributed by atoms with Crippen molar-refractivity contribution in [1.29, 1.82) is 0 Å². The molecule has 12 heavy (non-hydrogen) atoms. The zero-order valence-corrected chi connectivity index (χ0v) is 6.10. The summed E-state index contributed by atoms with van der Waals surface area (Å²) in [6.45, 7) is 0. The molecule has 1 heterocycles. The Morgan fingerprint density at radius 2 is 2.17 bits per heavy atom. The van der Waals surface area contributed by atoms with Crippen molar-refractivity contribution in [3.05, 3.63) is 34.2 Å². The molecular formula is C7H7NO4. The van der Waals surface area contributed by atoms with E-state index in [0.29, 0.717) is 10.3 Å². The molecule has 1 aromatic rings. The molecule has 0 amide bonds. The quantitative estimate of drug-likeness (QED) is 0.596. The molecule has 1 aromatic heterocycles. The number of hydrogen-bond donors (Lipinski definition) is 2. The van der Waals surface area contributed by atoms with Gasteiger partial charge in [0.25, 0.3) is 5.56 Å². The van der Waals surface area contributed by atoms with Gasteiger partial charge in [-0.15, -0.1) is 0 Å². The van der Waals surface area contributed by atoms with Gasteiger partial charge >= 0.3 is 5.97 Å². The summed E-state index contributed by atoms with van der Waals surface area (Å²) in [6.07, 6.45) is 0.872. The first-order chi connectivity index (χ1) is 5.59. The average molecular weight is 169 g/mol. The molecule has 0 atom stereocenters. The van der Waals surface area contributed by atoms with Crippen LogP contribution < -0.4 is 5.56 Å². The number of carbonyl (C=O) groups is 1. The van der Waals surface area contributed by atoms with Crippen molar-refractivity contribution < 1.29 is 15.1 Å². The average Bonchev–Trinajstić information content (AvgIpc) is 1.96. The topological polar surface area (TPSA) is 79.5 Å². The van der Waals surface area contributed by atoms with Crippen molar-refractivity contribution in [2.24, 2.45) is 0 Å². The third-order valence-electron chi connectivity index (χ3n) is 1.31. The van der Waals surface area contributed by atoms with Crippen molar-refractivity contribution >= 4 is 5.97 Å². The molecule has 2 N–H and O–H groups in total. The fraction of sp³-hybridized carbons (Fsp3) is 0.143. The van der Waals surface area contributed by atoms with Crippen LogP contribution >= 0.6 is 0 Å². The maximum absolute atomic E-state index is 10.6. The minimum absolute atomic E-state index is 0.208. The predicted molar refractivity (Wildman–Crippen MR) is 39.2 cm³/mol. The molecule has 5 heteroatoms. The van der Waals surface area contributed by atoms with Crippen LogP contribution in [-0.2, 0) is 11.2 Å². The van der Waals surface area contributed by atoms with E-state index < -0.39 is 11.5 Å². The number of hydrogen-bond acceptors (Lipinski definition) is 3. The third-order valence-corrected chi connectivity index (χ3v) is 1.31. The van der Waals surface area contributed by atoms with Crippen LogP contribution in [0.15, 0.2) is 23.1 Å². The van der Waals surface area contributed by atoms with E-state index in [1.54, 1.807) is 0 Å². The minimum Gasteiger partial charge on any atom is -0.481 e. The monoisotopic (exact) mass is 169 g/mol. The Kier molecular flexibility index (Phi) is 2.14. The summed E-state index contributed by atoms with van der Waals surface area (Å²) in [4.78, 5) is 20.8. The van der Waals surface area contributed by atoms with Gasteiger partial charge in [-0.2, -0.15) is 4.73 Å². The zero-order valence-electron chi connectivity index (χ0n) is 6.10. The number of carboxylic acids is 1. The predicted octanol–water partition coefficient (Wildman–Crippen LogP) is -0.287. The second-order valence-electron chi connectivity index (χ2n) is 2.29. The molecule has 5 nitrogen and oxygen atoms in total. The lowest BCUT2D eigenvalue weighted by atomic mass is 10.2. The molecule has 0 aromatic carbocycles. The summed E-state index contributed by atoms with van der Waals surface area (Å²) in [6, 6.07) is 2.47. The van der Waals surface area contributed by atoms with Crippen LogP contribution in [-0.4, -0.2) is 21.0 Å². The van der Waals surface area contributed by atoms with E-state index in [9.17, 15) is 9.59 Å². The molecule has 0 spiro atoms. The zero-order chi connectivity index (χ0) is 9.14. The second kappa shape index (κ2) is 3.08. The first kappa shape index (κ1) is 8.32. The van der Waals surface area contributed by atoms with Crippen LogP contribution in [0.25, 0.3) is 0 Å². The lowest BCUT2D eigenvalue weighted by molar-refractivity contribution is -0.136. The maximum Gasteiger partial charge on any atom is 0.307 e. The summed E-state index contributed by atoms with van der Waals surface area (Å²) in [5.74, 6) is -1.01. The highest BCUT2D eigenvalue weighted by molar-refractivity contribution is 5.69. The summed E-state index contributed by atoms with van der Waals surface area (Å²) < 4.78 is 0.359. The van der Waals surface area contributed by atoms with Gasteiger partial charge in [0.2, 0.25) is 0 Å². The van der Waals surface area contributed by atoms with Crippen molar-refractivity contribution in [1.82, 2.24) is 4.73 Å². The second-order valence-corrected chi connectivity index (χ2v) is 2.29. The fourth-order valence-corrected chi connectivity index (χ4v) is 0.798. The Hall–Kier alpha value is -1.78. The minimum atomic E-state index is -1.01.